The number of nitrogens with one attached hydrogen (secondary N) is 2. The Morgan fingerprint density at radius 2 is 1.71 bits per heavy atom. The highest BCUT2D eigenvalue weighted by molar-refractivity contribution is 7.92. The Morgan fingerprint density at radius 1 is 0.964 bits per heavy atom. The number of rotatable bonds is 8. The summed E-state index contributed by atoms with van der Waals surface area (Å²) < 4.78 is 38.4. The van der Waals surface area contributed by atoms with Crippen molar-refractivity contribution >= 4 is 21.4 Å². The summed E-state index contributed by atoms with van der Waals surface area (Å²) >= 11 is 0. The Hall–Kier alpha value is -3.26. The van der Waals surface area contributed by atoms with Gasteiger partial charge in [-0.15, -0.1) is 0 Å². The Morgan fingerprint density at radius 3 is 2.36 bits per heavy atom. The molecule has 0 spiro atoms. The number of aromatic nitrogens is 1. The second kappa shape index (κ2) is 8.62. The SMILES string of the molecule is COc1ccc(OC)c(S(=O)(=O)Nc2ccc(NCc3cccnc3)cc2)c1. The Kier molecular flexibility index (Phi) is 6.00. The van der Waals surface area contributed by atoms with Gasteiger partial charge in [0.05, 0.1) is 14.2 Å². The van der Waals surface area contributed by atoms with E-state index >= 15 is 0 Å². The zero-order chi connectivity index (χ0) is 20.0. The highest BCUT2D eigenvalue weighted by Gasteiger charge is 2.20. The highest BCUT2D eigenvalue weighted by atomic mass is 32.2. The third-order valence-corrected chi connectivity index (χ3v) is 5.42. The van der Waals surface area contributed by atoms with Crippen molar-refractivity contribution in [1.29, 1.82) is 0 Å². The molecule has 3 aromatic rings. The van der Waals surface area contributed by atoms with E-state index in [1.807, 2.05) is 12.1 Å². The lowest BCUT2D eigenvalue weighted by molar-refractivity contribution is 0.392. The lowest BCUT2D eigenvalue weighted by Gasteiger charge is -2.13. The second-order valence-electron chi connectivity index (χ2n) is 5.91. The van der Waals surface area contributed by atoms with Gasteiger partial charge in [0.1, 0.15) is 16.4 Å². The zero-order valence-corrected chi connectivity index (χ0v) is 16.4. The molecular formula is C20H21N3O4S. The normalized spacial score (nSPS) is 10.9. The predicted octanol–water partition coefficient (Wildman–Crippen LogP) is 3.51. The number of nitrogens with zero attached hydrogens (tertiary/aromatic N) is 1. The first-order chi connectivity index (χ1) is 13.5. The van der Waals surface area contributed by atoms with Gasteiger partial charge in [-0.3, -0.25) is 9.71 Å². The minimum atomic E-state index is -3.84. The van der Waals surface area contributed by atoms with E-state index in [1.165, 1.54) is 20.3 Å². The quantitative estimate of drug-likeness (QED) is 0.602. The molecular weight excluding hydrogens is 378 g/mol. The van der Waals surface area contributed by atoms with Crippen LogP contribution in [-0.4, -0.2) is 27.6 Å². The number of pyridine rings is 1. The molecule has 0 saturated carbocycles. The molecule has 0 fully saturated rings. The molecule has 0 amide bonds. The van der Waals surface area contributed by atoms with Gasteiger partial charge in [0, 0.05) is 36.4 Å². The zero-order valence-electron chi connectivity index (χ0n) is 15.5. The van der Waals surface area contributed by atoms with Crippen LogP contribution in [0.5, 0.6) is 11.5 Å². The molecule has 146 valence electrons. The van der Waals surface area contributed by atoms with Crippen LogP contribution in [0.3, 0.4) is 0 Å². The predicted molar refractivity (Wildman–Crippen MR) is 108 cm³/mol. The molecule has 2 aromatic carbocycles. The van der Waals surface area contributed by atoms with Gasteiger partial charge < -0.3 is 14.8 Å². The number of methoxy groups -OCH3 is 2. The first kappa shape index (κ1) is 19.5. The van der Waals surface area contributed by atoms with Gasteiger partial charge in [-0.2, -0.15) is 0 Å². The van der Waals surface area contributed by atoms with Crippen LogP contribution in [0.1, 0.15) is 5.56 Å². The maximum atomic E-state index is 12.8. The van der Waals surface area contributed by atoms with Crippen molar-refractivity contribution in [3.8, 4) is 11.5 Å². The summed E-state index contributed by atoms with van der Waals surface area (Å²) in [6.45, 7) is 0.625. The standard InChI is InChI=1S/C20H21N3O4S/c1-26-18-9-10-19(27-2)20(12-18)28(24,25)23-17-7-5-16(6-8-17)22-14-15-4-3-11-21-13-15/h3-13,22-23H,14H2,1-2H3. The molecule has 7 nitrogen and oxygen atoms in total. The number of benzene rings is 2. The molecule has 1 heterocycles. The van der Waals surface area contributed by atoms with Crippen LogP contribution >= 0.6 is 0 Å². The Balaban J connectivity index is 1.72. The molecule has 1 aromatic heterocycles. The van der Waals surface area contributed by atoms with Crippen molar-refractivity contribution in [2.24, 2.45) is 0 Å². The molecule has 0 atom stereocenters. The van der Waals surface area contributed by atoms with E-state index in [-0.39, 0.29) is 10.6 Å². The van der Waals surface area contributed by atoms with E-state index in [1.54, 1.807) is 48.8 Å². The average Bonchev–Trinajstić information content (AvgIpc) is 2.73. The largest absolute Gasteiger partial charge is 0.497 e. The fraction of sp³-hybridized carbons (Fsp3) is 0.150. The first-order valence-electron chi connectivity index (χ1n) is 8.49. The van der Waals surface area contributed by atoms with Crippen molar-refractivity contribution < 1.29 is 17.9 Å². The topological polar surface area (TPSA) is 89.5 Å². The van der Waals surface area contributed by atoms with E-state index in [0.717, 1.165) is 11.3 Å². The summed E-state index contributed by atoms with van der Waals surface area (Å²) in [5.41, 5.74) is 2.36. The van der Waals surface area contributed by atoms with E-state index < -0.39 is 10.0 Å². The van der Waals surface area contributed by atoms with Crippen LogP contribution in [0.2, 0.25) is 0 Å². The van der Waals surface area contributed by atoms with Crippen molar-refractivity contribution in [2.75, 3.05) is 24.3 Å². The second-order valence-corrected chi connectivity index (χ2v) is 7.57. The highest BCUT2D eigenvalue weighted by Crippen LogP contribution is 2.30. The summed E-state index contributed by atoms with van der Waals surface area (Å²) in [7, 11) is -0.945. The van der Waals surface area contributed by atoms with Gasteiger partial charge in [-0.05, 0) is 48.0 Å². The summed E-state index contributed by atoms with van der Waals surface area (Å²) in [6.07, 6.45) is 3.51. The van der Waals surface area contributed by atoms with Gasteiger partial charge in [-0.1, -0.05) is 6.07 Å². The fourth-order valence-electron chi connectivity index (χ4n) is 2.57. The number of hydrogen-bond donors (Lipinski definition) is 2. The van der Waals surface area contributed by atoms with Crippen molar-refractivity contribution in [3.63, 3.8) is 0 Å². The molecule has 0 radical (unpaired) electrons. The molecule has 0 aliphatic rings. The molecule has 3 rings (SSSR count). The minimum absolute atomic E-state index is 0.00753. The number of hydrogen-bond acceptors (Lipinski definition) is 6. The molecule has 8 heteroatoms. The van der Waals surface area contributed by atoms with Crippen LogP contribution in [-0.2, 0) is 16.6 Å². The lowest BCUT2D eigenvalue weighted by Crippen LogP contribution is -2.14. The summed E-state index contributed by atoms with van der Waals surface area (Å²) in [5, 5.41) is 3.26. The summed E-state index contributed by atoms with van der Waals surface area (Å²) in [4.78, 5) is 4.08. The Bertz CT molecular complexity index is 1020. The van der Waals surface area contributed by atoms with Gasteiger partial charge in [-0.25, -0.2) is 8.42 Å². The van der Waals surface area contributed by atoms with Gasteiger partial charge >= 0.3 is 0 Å². The first-order valence-corrected chi connectivity index (χ1v) is 9.98. The monoisotopic (exact) mass is 399 g/mol. The van der Waals surface area contributed by atoms with Gasteiger partial charge in [0.15, 0.2) is 0 Å². The molecule has 0 aliphatic heterocycles. The smallest absolute Gasteiger partial charge is 0.265 e. The molecule has 2 N–H and O–H groups in total. The van der Waals surface area contributed by atoms with Crippen molar-refractivity contribution in [1.82, 2.24) is 4.98 Å². The average molecular weight is 399 g/mol. The van der Waals surface area contributed by atoms with E-state index in [0.29, 0.717) is 18.0 Å². The minimum Gasteiger partial charge on any atom is -0.497 e. The van der Waals surface area contributed by atoms with Crippen LogP contribution < -0.4 is 19.5 Å². The maximum absolute atomic E-state index is 12.8. The Labute approximate surface area is 164 Å². The van der Waals surface area contributed by atoms with E-state index in [9.17, 15) is 8.42 Å². The molecule has 0 bridgehead atoms. The van der Waals surface area contributed by atoms with Crippen LogP contribution in [0.25, 0.3) is 0 Å². The van der Waals surface area contributed by atoms with Crippen LogP contribution in [0.15, 0.2) is 71.9 Å². The van der Waals surface area contributed by atoms with Crippen LogP contribution in [0, 0.1) is 0 Å². The number of sulfonamides is 1. The van der Waals surface area contributed by atoms with Crippen LogP contribution in [0.4, 0.5) is 11.4 Å². The molecule has 0 saturated heterocycles. The van der Waals surface area contributed by atoms with Gasteiger partial charge in [0.25, 0.3) is 10.0 Å². The van der Waals surface area contributed by atoms with Crippen molar-refractivity contribution in [3.05, 3.63) is 72.6 Å². The summed E-state index contributed by atoms with van der Waals surface area (Å²) in [5.74, 6) is 0.666. The molecule has 0 aliphatic carbocycles. The van der Waals surface area contributed by atoms with Gasteiger partial charge in [0.2, 0.25) is 0 Å². The molecule has 0 unspecified atom stereocenters. The summed E-state index contributed by atoms with van der Waals surface area (Å²) in [6, 6.07) is 15.5. The maximum Gasteiger partial charge on any atom is 0.265 e. The van der Waals surface area contributed by atoms with E-state index in [2.05, 4.69) is 15.0 Å². The van der Waals surface area contributed by atoms with E-state index in [4.69, 9.17) is 9.47 Å². The lowest BCUT2D eigenvalue weighted by atomic mass is 10.2. The molecule has 28 heavy (non-hydrogen) atoms. The third kappa shape index (κ3) is 4.72. The number of ether oxygens (including phenoxy) is 2. The van der Waals surface area contributed by atoms with Crippen molar-refractivity contribution in [2.45, 2.75) is 11.4 Å². The third-order valence-electron chi connectivity index (χ3n) is 4.02. The fourth-order valence-corrected chi connectivity index (χ4v) is 3.81. The number of anilines is 2.